The van der Waals surface area contributed by atoms with Gasteiger partial charge in [-0.2, -0.15) is 4.99 Å². The van der Waals surface area contributed by atoms with Crippen molar-refractivity contribution < 1.29 is 23.9 Å². The molecule has 174 valence electrons. The Morgan fingerprint density at radius 1 is 1.09 bits per heavy atom. The second-order valence-electron chi connectivity index (χ2n) is 7.36. The summed E-state index contributed by atoms with van der Waals surface area (Å²) in [7, 11) is 0. The van der Waals surface area contributed by atoms with Gasteiger partial charge in [0.1, 0.15) is 11.8 Å². The van der Waals surface area contributed by atoms with Gasteiger partial charge in [0.15, 0.2) is 5.78 Å². The summed E-state index contributed by atoms with van der Waals surface area (Å²) in [4.78, 5) is 56.8. The molecule has 0 saturated carbocycles. The van der Waals surface area contributed by atoms with Gasteiger partial charge in [-0.3, -0.25) is 14.4 Å². The lowest BCUT2D eigenvalue weighted by Gasteiger charge is -2.14. The number of rotatable bonds is 12. The summed E-state index contributed by atoms with van der Waals surface area (Å²) in [6.45, 7) is 0.279. The summed E-state index contributed by atoms with van der Waals surface area (Å²) in [5.41, 5.74) is 7.43. The van der Waals surface area contributed by atoms with Gasteiger partial charge in [0, 0.05) is 35.9 Å². The molecule has 0 spiro atoms. The Balaban J connectivity index is 1.43. The lowest BCUT2D eigenvalue weighted by Crippen LogP contribution is -2.45. The number of carbonyl (C=O) groups is 3. The number of nitrogens with one attached hydrogen (secondary N) is 2. The highest BCUT2D eigenvalue weighted by Crippen LogP contribution is 2.18. The van der Waals surface area contributed by atoms with Crippen LogP contribution in [0, 0.1) is 0 Å². The molecule has 0 aliphatic rings. The van der Waals surface area contributed by atoms with E-state index in [1.54, 1.807) is 54.7 Å². The number of H-pyrrole nitrogens is 1. The van der Waals surface area contributed by atoms with Crippen LogP contribution in [-0.4, -0.2) is 46.3 Å². The Hall–Kier alpha value is -4.56. The number of imidazole rings is 1. The number of amides is 2. The van der Waals surface area contributed by atoms with Crippen molar-refractivity contribution in [2.45, 2.75) is 25.3 Å². The molecule has 34 heavy (non-hydrogen) atoms. The lowest BCUT2D eigenvalue weighted by molar-refractivity contribution is -0.127. The van der Waals surface area contributed by atoms with Gasteiger partial charge < -0.3 is 20.8 Å². The molecule has 0 bridgehead atoms. The number of primary amides is 1. The van der Waals surface area contributed by atoms with E-state index in [-0.39, 0.29) is 31.1 Å². The standard InChI is InChI=1S/C24H23N5O5/c25-24(33)21(12-19-13-26-14-27-19)29-22(31)2-1-11-34-20-9-5-17(6-10-20)23(32)16-3-7-18(8-4-16)28-15-30/h3-10,13-14,21H,1-2,11-12H2,(H2,25,33)(H,26,27)(H,29,31). The van der Waals surface area contributed by atoms with Gasteiger partial charge in [0.05, 0.1) is 18.6 Å². The highest BCUT2D eigenvalue weighted by molar-refractivity contribution is 6.09. The van der Waals surface area contributed by atoms with Crippen molar-refractivity contribution in [1.82, 2.24) is 15.3 Å². The van der Waals surface area contributed by atoms with Crippen LogP contribution in [0.15, 0.2) is 66.0 Å². The third-order valence-electron chi connectivity index (χ3n) is 4.90. The second kappa shape index (κ2) is 11.9. The summed E-state index contributed by atoms with van der Waals surface area (Å²) in [6.07, 6.45) is 5.32. The first-order chi connectivity index (χ1) is 16.5. The van der Waals surface area contributed by atoms with Crippen LogP contribution in [0.5, 0.6) is 5.75 Å². The number of aromatic nitrogens is 2. The van der Waals surface area contributed by atoms with E-state index in [1.807, 2.05) is 0 Å². The van der Waals surface area contributed by atoms with Crippen LogP contribution in [0.25, 0.3) is 0 Å². The number of ether oxygens (including phenoxy) is 1. The van der Waals surface area contributed by atoms with Crippen LogP contribution in [0.3, 0.4) is 0 Å². The first-order valence-corrected chi connectivity index (χ1v) is 10.5. The monoisotopic (exact) mass is 461 g/mol. The predicted octanol–water partition coefficient (Wildman–Crippen LogP) is 1.98. The molecule has 1 atom stereocenters. The van der Waals surface area contributed by atoms with Gasteiger partial charge in [0.2, 0.25) is 17.9 Å². The quantitative estimate of drug-likeness (QED) is 0.162. The number of nitrogens with two attached hydrogens (primary N) is 1. The topological polar surface area (TPSA) is 157 Å². The zero-order valence-corrected chi connectivity index (χ0v) is 18.2. The number of carbonyl (C=O) groups excluding carboxylic acids is 4. The van der Waals surface area contributed by atoms with E-state index in [9.17, 15) is 19.2 Å². The summed E-state index contributed by atoms with van der Waals surface area (Å²) in [6, 6.07) is 12.1. The van der Waals surface area contributed by atoms with Crippen molar-refractivity contribution in [2.24, 2.45) is 10.7 Å². The molecule has 2 amide bonds. The molecule has 3 aromatic rings. The second-order valence-corrected chi connectivity index (χ2v) is 7.36. The molecule has 10 nitrogen and oxygen atoms in total. The molecule has 1 unspecified atom stereocenters. The molecule has 0 aliphatic carbocycles. The Bertz CT molecular complexity index is 1170. The maximum atomic E-state index is 12.6. The number of ketones is 1. The van der Waals surface area contributed by atoms with Crippen LogP contribution in [0.1, 0.15) is 34.5 Å². The third kappa shape index (κ3) is 6.98. The zero-order valence-electron chi connectivity index (χ0n) is 18.2. The Morgan fingerprint density at radius 2 is 1.76 bits per heavy atom. The minimum atomic E-state index is -0.826. The molecule has 1 aromatic heterocycles. The van der Waals surface area contributed by atoms with Gasteiger partial charge >= 0.3 is 0 Å². The highest BCUT2D eigenvalue weighted by atomic mass is 16.5. The van der Waals surface area contributed by atoms with Gasteiger partial charge in [-0.1, -0.05) is 0 Å². The Morgan fingerprint density at radius 3 is 2.35 bits per heavy atom. The number of isocyanates is 1. The zero-order chi connectivity index (χ0) is 24.3. The molecule has 0 radical (unpaired) electrons. The van der Waals surface area contributed by atoms with Crippen molar-refractivity contribution in [3.05, 3.63) is 77.9 Å². The molecule has 10 heteroatoms. The normalized spacial score (nSPS) is 11.2. The van der Waals surface area contributed by atoms with Crippen molar-refractivity contribution in [1.29, 1.82) is 0 Å². The van der Waals surface area contributed by atoms with Crippen molar-refractivity contribution in [2.75, 3.05) is 6.61 Å². The van der Waals surface area contributed by atoms with Crippen LogP contribution >= 0.6 is 0 Å². The maximum absolute atomic E-state index is 12.6. The van der Waals surface area contributed by atoms with Gasteiger partial charge in [-0.05, 0) is 55.0 Å². The fourth-order valence-corrected chi connectivity index (χ4v) is 3.14. The van der Waals surface area contributed by atoms with Crippen LogP contribution in [0.2, 0.25) is 0 Å². The SMILES string of the molecule is NC(=O)C(Cc1cnc[nH]1)NC(=O)CCCOc1ccc(C(=O)c2ccc(N=C=O)cc2)cc1. The van der Waals surface area contributed by atoms with E-state index < -0.39 is 11.9 Å². The Kier molecular flexibility index (Phi) is 8.42. The number of aliphatic imine (C=N–C) groups is 1. The average Bonchev–Trinajstić information content (AvgIpc) is 3.35. The van der Waals surface area contributed by atoms with E-state index in [0.717, 1.165) is 0 Å². The Labute approximate surface area is 195 Å². The molecular formula is C24H23N5O5. The smallest absolute Gasteiger partial charge is 0.240 e. The van der Waals surface area contributed by atoms with E-state index in [1.165, 1.54) is 12.4 Å². The predicted molar refractivity (Wildman–Crippen MR) is 122 cm³/mol. The number of hydrogen-bond acceptors (Lipinski definition) is 7. The number of aromatic amines is 1. The molecule has 3 rings (SSSR count). The van der Waals surface area contributed by atoms with E-state index in [2.05, 4.69) is 20.3 Å². The summed E-state index contributed by atoms with van der Waals surface area (Å²) < 4.78 is 5.63. The minimum Gasteiger partial charge on any atom is -0.494 e. The van der Waals surface area contributed by atoms with E-state index in [0.29, 0.717) is 34.7 Å². The molecular weight excluding hydrogens is 438 g/mol. The maximum Gasteiger partial charge on any atom is 0.240 e. The lowest BCUT2D eigenvalue weighted by atomic mass is 10.0. The fourth-order valence-electron chi connectivity index (χ4n) is 3.14. The third-order valence-corrected chi connectivity index (χ3v) is 4.90. The highest BCUT2D eigenvalue weighted by Gasteiger charge is 2.19. The van der Waals surface area contributed by atoms with Crippen molar-refractivity contribution in [3.63, 3.8) is 0 Å². The largest absolute Gasteiger partial charge is 0.494 e. The van der Waals surface area contributed by atoms with Crippen molar-refractivity contribution in [3.8, 4) is 5.75 Å². The molecule has 0 saturated heterocycles. The summed E-state index contributed by atoms with van der Waals surface area (Å²) >= 11 is 0. The molecule has 4 N–H and O–H groups in total. The van der Waals surface area contributed by atoms with Crippen LogP contribution < -0.4 is 15.8 Å². The summed E-state index contributed by atoms with van der Waals surface area (Å²) in [5, 5.41) is 2.62. The first-order valence-electron chi connectivity index (χ1n) is 10.5. The van der Waals surface area contributed by atoms with Gasteiger partial charge in [0.25, 0.3) is 0 Å². The fraction of sp³-hybridized carbons (Fsp3) is 0.208. The van der Waals surface area contributed by atoms with E-state index >= 15 is 0 Å². The molecule has 0 fully saturated rings. The van der Waals surface area contributed by atoms with Gasteiger partial charge in [-0.15, -0.1) is 0 Å². The average molecular weight is 461 g/mol. The first kappa shape index (κ1) is 24.1. The molecule has 2 aromatic carbocycles. The molecule has 0 aliphatic heterocycles. The van der Waals surface area contributed by atoms with Crippen molar-refractivity contribution >= 4 is 29.4 Å². The molecule has 1 heterocycles. The number of benzene rings is 2. The van der Waals surface area contributed by atoms with Crippen LogP contribution in [-0.2, 0) is 20.8 Å². The number of nitrogens with zero attached hydrogens (tertiary/aromatic N) is 2. The van der Waals surface area contributed by atoms with Gasteiger partial charge in [-0.25, -0.2) is 9.78 Å². The minimum absolute atomic E-state index is 0.160. The van der Waals surface area contributed by atoms with Crippen LogP contribution in [0.4, 0.5) is 5.69 Å². The van der Waals surface area contributed by atoms with E-state index in [4.69, 9.17) is 10.5 Å². The summed E-state index contributed by atoms with van der Waals surface area (Å²) in [5.74, 6) is -0.553. The number of hydrogen-bond donors (Lipinski definition) is 3.